The molecule has 0 atom stereocenters. The van der Waals surface area contributed by atoms with Gasteiger partial charge in [0.2, 0.25) is 5.13 Å². The third kappa shape index (κ3) is 3.99. The monoisotopic (exact) mass is 519 g/mol. The van der Waals surface area contributed by atoms with Crippen LogP contribution in [0.25, 0.3) is 26.6 Å². The summed E-state index contributed by atoms with van der Waals surface area (Å²) in [5.41, 5.74) is -2.07. The molecule has 188 valence electrons. The molecule has 2 aromatic heterocycles. The van der Waals surface area contributed by atoms with Gasteiger partial charge in [0, 0.05) is 26.2 Å². The van der Waals surface area contributed by atoms with Gasteiger partial charge in [-0.25, -0.2) is 32.0 Å². The predicted octanol–water partition coefficient (Wildman–Crippen LogP) is 4.63. The number of fused-ring (bicyclic) bond motifs is 1. The molecule has 1 aliphatic heterocycles. The lowest BCUT2D eigenvalue weighted by molar-refractivity contribution is 0.0527. The van der Waals surface area contributed by atoms with E-state index in [1.54, 1.807) is 31.2 Å². The van der Waals surface area contributed by atoms with E-state index in [-0.39, 0.29) is 30.4 Å². The van der Waals surface area contributed by atoms with E-state index < -0.39 is 46.2 Å². The normalized spacial score (nSPS) is 14.6. The van der Waals surface area contributed by atoms with Gasteiger partial charge in [-0.15, -0.1) is 0 Å². The molecular formula is C24H21F4N5O2S. The summed E-state index contributed by atoms with van der Waals surface area (Å²) in [6.07, 6.45) is 1.04. The summed E-state index contributed by atoms with van der Waals surface area (Å²) in [6.45, 7) is 2.87. The summed E-state index contributed by atoms with van der Waals surface area (Å²) in [6, 6.07) is 7.08. The SMILES string of the molecule is CCOC(=O)c1cnn(-c2nc3ccccc3s2)c1-c1c(F)c(F)c(N2CCN(C)CC2)c(F)c1F. The zero-order chi connectivity index (χ0) is 25.6. The quantitative estimate of drug-likeness (QED) is 0.218. The number of likely N-dealkylation sites (N-methyl/N-ethyl adjacent to an activating group) is 1. The Morgan fingerprint density at radius 2 is 1.69 bits per heavy atom. The maximum atomic E-state index is 15.6. The van der Waals surface area contributed by atoms with Crippen LogP contribution in [-0.2, 0) is 4.74 Å². The Kier molecular flexibility index (Phi) is 6.39. The maximum absolute atomic E-state index is 15.6. The van der Waals surface area contributed by atoms with Gasteiger partial charge in [-0.05, 0) is 26.1 Å². The first-order valence-corrected chi connectivity index (χ1v) is 12.0. The summed E-state index contributed by atoms with van der Waals surface area (Å²) in [7, 11) is 1.84. The second kappa shape index (κ2) is 9.51. The first-order valence-electron chi connectivity index (χ1n) is 11.2. The van der Waals surface area contributed by atoms with Gasteiger partial charge < -0.3 is 14.5 Å². The molecular weight excluding hydrogens is 498 g/mol. The van der Waals surface area contributed by atoms with E-state index in [0.717, 1.165) is 26.9 Å². The number of hydrogen-bond acceptors (Lipinski definition) is 7. The molecule has 0 spiro atoms. The highest BCUT2D eigenvalue weighted by molar-refractivity contribution is 7.20. The minimum absolute atomic E-state index is 0.0272. The van der Waals surface area contributed by atoms with E-state index in [4.69, 9.17) is 4.74 Å². The highest BCUT2D eigenvalue weighted by Gasteiger charge is 2.35. The number of ether oxygens (including phenoxy) is 1. The van der Waals surface area contributed by atoms with Gasteiger partial charge in [0.25, 0.3) is 0 Å². The van der Waals surface area contributed by atoms with E-state index in [0.29, 0.717) is 18.6 Å². The number of thiazole rings is 1. The van der Waals surface area contributed by atoms with Gasteiger partial charge in [0.1, 0.15) is 11.3 Å². The van der Waals surface area contributed by atoms with Crippen LogP contribution in [0.4, 0.5) is 23.2 Å². The summed E-state index contributed by atoms with van der Waals surface area (Å²) >= 11 is 1.14. The fraction of sp³-hybridized carbons (Fsp3) is 0.292. The molecule has 0 N–H and O–H groups in total. The van der Waals surface area contributed by atoms with Gasteiger partial charge in [-0.1, -0.05) is 23.5 Å². The van der Waals surface area contributed by atoms with Crippen LogP contribution < -0.4 is 4.90 Å². The Hall–Kier alpha value is -3.51. The van der Waals surface area contributed by atoms with Crippen LogP contribution in [0.3, 0.4) is 0 Å². The number of carbonyl (C=O) groups excluding carboxylic acids is 1. The molecule has 1 fully saturated rings. The number of hydrogen-bond donors (Lipinski definition) is 0. The summed E-state index contributed by atoms with van der Waals surface area (Å²) in [5, 5.41) is 4.25. The van der Waals surface area contributed by atoms with Crippen LogP contribution in [-0.4, -0.2) is 65.5 Å². The van der Waals surface area contributed by atoms with Crippen LogP contribution in [0.1, 0.15) is 17.3 Å². The molecule has 3 heterocycles. The van der Waals surface area contributed by atoms with Crippen molar-refractivity contribution in [3.05, 3.63) is 59.3 Å². The minimum atomic E-state index is -1.63. The summed E-state index contributed by atoms with van der Waals surface area (Å²) < 4.78 is 68.7. The molecule has 0 unspecified atom stereocenters. The topological polar surface area (TPSA) is 63.5 Å². The lowest BCUT2D eigenvalue weighted by Gasteiger charge is -2.34. The van der Waals surface area contributed by atoms with Crippen molar-refractivity contribution < 1.29 is 27.1 Å². The number of piperazine rings is 1. The highest BCUT2D eigenvalue weighted by atomic mass is 32.1. The van der Waals surface area contributed by atoms with Crippen molar-refractivity contribution in [3.63, 3.8) is 0 Å². The van der Waals surface area contributed by atoms with Crippen molar-refractivity contribution in [2.45, 2.75) is 6.92 Å². The van der Waals surface area contributed by atoms with Gasteiger partial charge in [-0.3, -0.25) is 0 Å². The second-order valence-electron chi connectivity index (χ2n) is 8.27. The van der Waals surface area contributed by atoms with Crippen LogP contribution >= 0.6 is 11.3 Å². The zero-order valence-corrected chi connectivity index (χ0v) is 20.2. The second-order valence-corrected chi connectivity index (χ2v) is 9.28. The van der Waals surface area contributed by atoms with Crippen LogP contribution in [0, 0.1) is 23.3 Å². The van der Waals surface area contributed by atoms with Gasteiger partial charge in [-0.2, -0.15) is 5.10 Å². The van der Waals surface area contributed by atoms with Crippen LogP contribution in [0.5, 0.6) is 0 Å². The Morgan fingerprint density at radius 1 is 1.03 bits per heavy atom. The highest BCUT2D eigenvalue weighted by Crippen LogP contribution is 2.39. The van der Waals surface area contributed by atoms with Gasteiger partial charge >= 0.3 is 5.97 Å². The Morgan fingerprint density at radius 3 is 2.33 bits per heavy atom. The number of para-hydroxylation sites is 1. The first kappa shape index (κ1) is 24.2. The molecule has 0 radical (unpaired) electrons. The fourth-order valence-corrected chi connectivity index (χ4v) is 5.11. The van der Waals surface area contributed by atoms with Crippen molar-refractivity contribution in [3.8, 4) is 16.4 Å². The number of benzene rings is 2. The van der Waals surface area contributed by atoms with E-state index in [2.05, 4.69) is 10.1 Å². The largest absolute Gasteiger partial charge is 0.462 e. The average molecular weight is 520 g/mol. The fourth-order valence-electron chi connectivity index (χ4n) is 4.18. The van der Waals surface area contributed by atoms with Gasteiger partial charge in [0.05, 0.1) is 34.3 Å². The van der Waals surface area contributed by atoms with E-state index >= 15 is 17.6 Å². The number of carbonyl (C=O) groups is 1. The van der Waals surface area contributed by atoms with Crippen molar-refractivity contribution in [2.24, 2.45) is 0 Å². The molecule has 1 saturated heterocycles. The van der Waals surface area contributed by atoms with E-state index in [1.165, 1.54) is 4.90 Å². The Labute approximate surface area is 207 Å². The van der Waals surface area contributed by atoms with Gasteiger partial charge in [0.15, 0.2) is 23.3 Å². The van der Waals surface area contributed by atoms with Crippen molar-refractivity contribution in [2.75, 3.05) is 44.7 Å². The molecule has 36 heavy (non-hydrogen) atoms. The average Bonchev–Trinajstić information content (AvgIpc) is 3.49. The summed E-state index contributed by atoms with van der Waals surface area (Å²) in [4.78, 5) is 20.3. The number of halogens is 4. The minimum Gasteiger partial charge on any atom is -0.462 e. The molecule has 4 aromatic rings. The number of rotatable bonds is 5. The molecule has 7 nitrogen and oxygen atoms in total. The predicted molar refractivity (Wildman–Crippen MR) is 128 cm³/mol. The van der Waals surface area contributed by atoms with Crippen LogP contribution in [0.15, 0.2) is 30.5 Å². The number of nitrogens with zero attached hydrogens (tertiary/aromatic N) is 5. The van der Waals surface area contributed by atoms with E-state index in [9.17, 15) is 4.79 Å². The van der Waals surface area contributed by atoms with Crippen LogP contribution in [0.2, 0.25) is 0 Å². The summed E-state index contributed by atoms with van der Waals surface area (Å²) in [5.74, 6) is -7.28. The Balaban J connectivity index is 1.73. The van der Waals surface area contributed by atoms with Crippen molar-refractivity contribution >= 4 is 33.2 Å². The molecule has 0 saturated carbocycles. The molecule has 0 bridgehead atoms. The van der Waals surface area contributed by atoms with Crippen molar-refractivity contribution in [1.82, 2.24) is 19.7 Å². The lowest BCUT2D eigenvalue weighted by Crippen LogP contribution is -2.45. The maximum Gasteiger partial charge on any atom is 0.342 e. The third-order valence-electron chi connectivity index (χ3n) is 6.02. The molecule has 5 rings (SSSR count). The molecule has 2 aromatic carbocycles. The zero-order valence-electron chi connectivity index (χ0n) is 19.4. The first-order chi connectivity index (χ1) is 17.3. The van der Waals surface area contributed by atoms with Crippen molar-refractivity contribution in [1.29, 1.82) is 0 Å². The molecule has 1 aliphatic rings. The lowest BCUT2D eigenvalue weighted by atomic mass is 10.0. The van der Waals surface area contributed by atoms with E-state index in [1.807, 2.05) is 11.9 Å². The number of anilines is 1. The third-order valence-corrected chi connectivity index (χ3v) is 7.04. The molecule has 12 heteroatoms. The number of esters is 1. The molecule has 0 amide bonds. The number of aromatic nitrogens is 3. The molecule has 0 aliphatic carbocycles. The Bertz CT molecular complexity index is 1400. The standard InChI is InChI=1S/C24H21F4N5O2S/c1-3-35-23(34)13-12-29-33(24-30-14-6-4-5-7-15(14)36-24)21(13)16-17(25)19(27)22(20(28)18(16)26)32-10-8-31(2)9-11-32/h4-7,12H,3,8-11H2,1-2H3. The smallest absolute Gasteiger partial charge is 0.342 e.